The predicted octanol–water partition coefficient (Wildman–Crippen LogP) is 14.4. The van der Waals surface area contributed by atoms with Gasteiger partial charge >= 0.3 is 0 Å². The van der Waals surface area contributed by atoms with Gasteiger partial charge in [-0.25, -0.2) is 9.97 Å². The van der Waals surface area contributed by atoms with E-state index in [-0.39, 0.29) is 0 Å². The summed E-state index contributed by atoms with van der Waals surface area (Å²) in [6.07, 6.45) is 0. The summed E-state index contributed by atoms with van der Waals surface area (Å²) in [5.41, 5.74) is 13.5. The molecule has 0 fully saturated rings. The Kier molecular flexibility index (Phi) is 7.20. The van der Waals surface area contributed by atoms with E-state index in [4.69, 9.17) is 14.4 Å². The van der Waals surface area contributed by atoms with E-state index in [9.17, 15) is 0 Å². The Balaban J connectivity index is 1.08. The highest BCUT2D eigenvalue weighted by Crippen LogP contribution is 2.42. The highest BCUT2D eigenvalue weighted by atomic mass is 16.3. The van der Waals surface area contributed by atoms with Gasteiger partial charge in [-0.2, -0.15) is 0 Å². The van der Waals surface area contributed by atoms with Crippen LogP contribution < -0.4 is 0 Å². The van der Waals surface area contributed by atoms with Crippen LogP contribution in [-0.4, -0.2) is 14.5 Å². The van der Waals surface area contributed by atoms with E-state index in [1.54, 1.807) is 0 Å². The quantitative estimate of drug-likeness (QED) is 0.177. The summed E-state index contributed by atoms with van der Waals surface area (Å²) < 4.78 is 8.75. The van der Waals surface area contributed by atoms with E-state index in [1.807, 2.05) is 18.2 Å². The van der Waals surface area contributed by atoms with Crippen LogP contribution in [0.5, 0.6) is 0 Å². The number of rotatable bonds is 5. The third kappa shape index (κ3) is 5.02. The lowest BCUT2D eigenvalue weighted by Gasteiger charge is -2.15. The van der Waals surface area contributed by atoms with Gasteiger partial charge in [0.2, 0.25) is 5.95 Å². The standard InChI is InChI=1S/C54H33N3O/c1-2-15-35(16-3-1)50-47-23-6-8-28-48(47)55-54(56-50)57-51-40-21-5-4-14-34(40)30-31-45(51)44-26-12-24-41(52(44)57)38-19-10-17-36(32-38)37-18-11-20-39(33-37)42-25-13-27-46-43-22-7-9-29-49(43)58-53(42)46/h1-33H. The molecule has 0 bridgehead atoms. The van der Waals surface area contributed by atoms with Crippen LogP contribution in [0.15, 0.2) is 205 Å². The Morgan fingerprint density at radius 2 is 0.948 bits per heavy atom. The molecule has 58 heavy (non-hydrogen) atoms. The maximum atomic E-state index is 6.44. The molecule has 4 heteroatoms. The van der Waals surface area contributed by atoms with Gasteiger partial charge in [-0.1, -0.05) is 176 Å². The Hall–Kier alpha value is -7.82. The molecule has 0 unspecified atom stereocenters. The summed E-state index contributed by atoms with van der Waals surface area (Å²) in [4.78, 5) is 10.8. The topological polar surface area (TPSA) is 43.9 Å². The Labute approximate surface area is 333 Å². The van der Waals surface area contributed by atoms with Crippen LogP contribution in [0.1, 0.15) is 0 Å². The van der Waals surface area contributed by atoms with Crippen molar-refractivity contribution in [2.24, 2.45) is 0 Å². The Bertz CT molecular complexity index is 3580. The van der Waals surface area contributed by atoms with Crippen molar-refractivity contribution in [2.45, 2.75) is 0 Å². The van der Waals surface area contributed by atoms with Crippen LogP contribution >= 0.6 is 0 Å². The first-order valence-corrected chi connectivity index (χ1v) is 19.7. The molecule has 270 valence electrons. The first-order chi connectivity index (χ1) is 28.8. The van der Waals surface area contributed by atoms with E-state index < -0.39 is 0 Å². The molecule has 0 radical (unpaired) electrons. The summed E-state index contributed by atoms with van der Waals surface area (Å²) in [5.74, 6) is 0.643. The zero-order valence-electron chi connectivity index (χ0n) is 31.3. The molecular formula is C54H33N3O. The van der Waals surface area contributed by atoms with E-state index >= 15 is 0 Å². The van der Waals surface area contributed by atoms with E-state index in [0.717, 1.165) is 105 Å². The van der Waals surface area contributed by atoms with Gasteiger partial charge in [-0.05, 0) is 51.9 Å². The normalized spacial score (nSPS) is 11.8. The van der Waals surface area contributed by atoms with Gasteiger partial charge in [-0.3, -0.25) is 4.57 Å². The maximum Gasteiger partial charge on any atom is 0.235 e. The van der Waals surface area contributed by atoms with Gasteiger partial charge in [0.1, 0.15) is 11.2 Å². The van der Waals surface area contributed by atoms with Crippen LogP contribution in [0.2, 0.25) is 0 Å². The van der Waals surface area contributed by atoms with E-state index in [0.29, 0.717) is 5.95 Å². The average molecular weight is 740 g/mol. The molecule has 0 aliphatic heterocycles. The third-order valence-electron chi connectivity index (χ3n) is 11.6. The molecular weight excluding hydrogens is 707 g/mol. The molecule has 3 aromatic heterocycles. The van der Waals surface area contributed by atoms with Crippen molar-refractivity contribution in [3.63, 3.8) is 0 Å². The number of benzene rings is 9. The molecule has 0 N–H and O–H groups in total. The highest BCUT2D eigenvalue weighted by molar-refractivity contribution is 6.21. The van der Waals surface area contributed by atoms with Crippen LogP contribution in [0.25, 0.3) is 116 Å². The fourth-order valence-electron chi connectivity index (χ4n) is 8.95. The minimum absolute atomic E-state index is 0.643. The molecule has 0 aliphatic rings. The molecule has 0 atom stereocenters. The molecule has 4 nitrogen and oxygen atoms in total. The van der Waals surface area contributed by atoms with Gasteiger partial charge in [0.25, 0.3) is 0 Å². The second-order valence-electron chi connectivity index (χ2n) is 14.9. The van der Waals surface area contributed by atoms with Crippen molar-refractivity contribution in [3.05, 3.63) is 200 Å². The van der Waals surface area contributed by atoms with Gasteiger partial charge < -0.3 is 4.42 Å². The third-order valence-corrected chi connectivity index (χ3v) is 11.6. The second-order valence-corrected chi connectivity index (χ2v) is 14.9. The monoisotopic (exact) mass is 739 g/mol. The van der Waals surface area contributed by atoms with E-state index in [2.05, 4.69) is 187 Å². The smallest absolute Gasteiger partial charge is 0.235 e. The molecule has 0 spiro atoms. The zero-order valence-corrected chi connectivity index (χ0v) is 31.3. The van der Waals surface area contributed by atoms with Crippen LogP contribution in [0, 0.1) is 0 Å². The SMILES string of the molecule is c1ccc(-c2nc(-n3c4c(-c5cccc(-c6cccc(-c7cccc8c7oc7ccccc78)c6)c5)cccc4c4ccc5ccccc5c43)nc3ccccc23)cc1. The summed E-state index contributed by atoms with van der Waals surface area (Å²) in [7, 11) is 0. The molecule has 3 heterocycles. The summed E-state index contributed by atoms with van der Waals surface area (Å²) in [6.45, 7) is 0. The number of aromatic nitrogens is 3. The first kappa shape index (κ1) is 32.4. The fourth-order valence-corrected chi connectivity index (χ4v) is 8.95. The van der Waals surface area contributed by atoms with Crippen molar-refractivity contribution in [1.82, 2.24) is 14.5 Å². The van der Waals surface area contributed by atoms with Crippen molar-refractivity contribution >= 4 is 65.4 Å². The van der Waals surface area contributed by atoms with Crippen LogP contribution in [-0.2, 0) is 0 Å². The Morgan fingerprint density at radius 1 is 0.362 bits per heavy atom. The van der Waals surface area contributed by atoms with Crippen molar-refractivity contribution < 1.29 is 4.42 Å². The maximum absolute atomic E-state index is 6.44. The molecule has 0 saturated heterocycles. The van der Waals surface area contributed by atoms with Gasteiger partial charge in [0, 0.05) is 49.0 Å². The fraction of sp³-hybridized carbons (Fsp3) is 0. The molecule has 0 saturated carbocycles. The minimum Gasteiger partial charge on any atom is -0.455 e. The van der Waals surface area contributed by atoms with E-state index in [1.165, 1.54) is 5.39 Å². The van der Waals surface area contributed by atoms with Crippen molar-refractivity contribution in [2.75, 3.05) is 0 Å². The molecule has 9 aromatic carbocycles. The lowest BCUT2D eigenvalue weighted by Crippen LogP contribution is -2.04. The van der Waals surface area contributed by atoms with Crippen molar-refractivity contribution in [3.8, 4) is 50.6 Å². The largest absolute Gasteiger partial charge is 0.455 e. The lowest BCUT2D eigenvalue weighted by molar-refractivity contribution is 0.670. The molecule has 0 aliphatic carbocycles. The number of hydrogen-bond acceptors (Lipinski definition) is 3. The number of fused-ring (bicyclic) bond motifs is 9. The molecule has 0 amide bonds. The summed E-state index contributed by atoms with van der Waals surface area (Å²) in [5, 5.41) is 7.93. The Morgan fingerprint density at radius 3 is 1.78 bits per heavy atom. The average Bonchev–Trinajstić information content (AvgIpc) is 3.86. The highest BCUT2D eigenvalue weighted by Gasteiger charge is 2.22. The second kappa shape index (κ2) is 12.9. The van der Waals surface area contributed by atoms with Gasteiger partial charge in [0.15, 0.2) is 0 Å². The number of furan rings is 1. The summed E-state index contributed by atoms with van der Waals surface area (Å²) >= 11 is 0. The lowest BCUT2D eigenvalue weighted by atomic mass is 9.95. The summed E-state index contributed by atoms with van der Waals surface area (Å²) in [6, 6.07) is 70.9. The molecule has 12 aromatic rings. The number of hydrogen-bond donors (Lipinski definition) is 0. The van der Waals surface area contributed by atoms with Crippen LogP contribution in [0.4, 0.5) is 0 Å². The van der Waals surface area contributed by atoms with Gasteiger partial charge in [0.05, 0.1) is 22.2 Å². The number of nitrogens with zero attached hydrogens (tertiary/aromatic N) is 3. The minimum atomic E-state index is 0.643. The van der Waals surface area contributed by atoms with Crippen molar-refractivity contribution in [1.29, 1.82) is 0 Å². The predicted molar refractivity (Wildman–Crippen MR) is 240 cm³/mol. The van der Waals surface area contributed by atoms with Gasteiger partial charge in [-0.15, -0.1) is 0 Å². The number of para-hydroxylation sites is 4. The van der Waals surface area contributed by atoms with Crippen LogP contribution in [0.3, 0.4) is 0 Å². The first-order valence-electron chi connectivity index (χ1n) is 19.7. The zero-order chi connectivity index (χ0) is 38.2. The molecule has 12 rings (SSSR count).